The second kappa shape index (κ2) is 3.73. The van der Waals surface area contributed by atoms with Crippen molar-refractivity contribution in [3.8, 4) is 0 Å². The second-order valence-corrected chi connectivity index (χ2v) is 4.81. The maximum atomic E-state index is 10.9. The van der Waals surface area contributed by atoms with Crippen LogP contribution in [0.1, 0.15) is 6.42 Å². The van der Waals surface area contributed by atoms with E-state index in [0.29, 0.717) is 12.1 Å². The number of nitrogens with zero attached hydrogens (tertiary/aromatic N) is 1. The standard InChI is InChI=1S/C6H10N2O4S/c1-7-6(9)12-8-5-2-3-13(10,11)4-5/h2-4H2,1H3,(H,7,9)/b8-5+. The van der Waals surface area contributed by atoms with Gasteiger partial charge in [0.2, 0.25) is 0 Å². The van der Waals surface area contributed by atoms with E-state index in [9.17, 15) is 13.2 Å². The van der Waals surface area contributed by atoms with Crippen LogP contribution in [-0.2, 0) is 14.7 Å². The topological polar surface area (TPSA) is 84.8 Å². The maximum absolute atomic E-state index is 10.9. The van der Waals surface area contributed by atoms with E-state index in [1.807, 2.05) is 0 Å². The van der Waals surface area contributed by atoms with Crippen molar-refractivity contribution >= 4 is 21.6 Å². The smallest absolute Gasteiger partial charge is 0.323 e. The Morgan fingerprint density at radius 3 is 2.77 bits per heavy atom. The summed E-state index contributed by atoms with van der Waals surface area (Å²) in [6.07, 6.45) is -0.351. The Bertz CT molecular complexity index is 333. The lowest BCUT2D eigenvalue weighted by atomic mass is 10.3. The third-order valence-electron chi connectivity index (χ3n) is 1.55. The van der Waals surface area contributed by atoms with Gasteiger partial charge in [-0.2, -0.15) is 0 Å². The quantitative estimate of drug-likeness (QED) is 0.463. The van der Waals surface area contributed by atoms with Crippen molar-refractivity contribution in [1.29, 1.82) is 0 Å². The van der Waals surface area contributed by atoms with E-state index in [0.717, 1.165) is 0 Å². The number of hydrogen-bond acceptors (Lipinski definition) is 5. The van der Waals surface area contributed by atoms with E-state index < -0.39 is 15.9 Å². The molecule has 0 aliphatic carbocycles. The fraction of sp³-hybridized carbons (Fsp3) is 0.667. The number of carbonyl (C=O) groups excluding carboxylic acids is 1. The number of sulfone groups is 1. The molecule has 0 spiro atoms. The molecule has 1 saturated heterocycles. The summed E-state index contributed by atoms with van der Waals surface area (Å²) in [6, 6.07) is 0. The maximum Gasteiger partial charge on any atom is 0.433 e. The normalized spacial score (nSPS) is 23.0. The Kier molecular flexibility index (Phi) is 2.86. The first-order chi connectivity index (χ1) is 6.03. The van der Waals surface area contributed by atoms with Crippen molar-refractivity contribution in [2.24, 2.45) is 5.16 Å². The number of carbonyl (C=O) groups is 1. The molecular weight excluding hydrogens is 196 g/mol. The molecule has 1 fully saturated rings. The van der Waals surface area contributed by atoms with E-state index in [1.165, 1.54) is 7.05 Å². The van der Waals surface area contributed by atoms with Crippen LogP contribution in [0, 0.1) is 0 Å². The average molecular weight is 206 g/mol. The number of rotatable bonds is 1. The predicted molar refractivity (Wildman–Crippen MR) is 46.2 cm³/mol. The Hall–Kier alpha value is -1.11. The average Bonchev–Trinajstić information content (AvgIpc) is 2.41. The minimum Gasteiger partial charge on any atom is -0.323 e. The zero-order chi connectivity index (χ0) is 9.90. The summed E-state index contributed by atoms with van der Waals surface area (Å²) in [5.41, 5.74) is 0.392. The minimum absolute atomic E-state index is 0.0862. The molecule has 13 heavy (non-hydrogen) atoms. The summed E-state index contributed by atoms with van der Waals surface area (Å²) in [7, 11) is -1.60. The molecule has 0 atom stereocenters. The van der Waals surface area contributed by atoms with E-state index in [2.05, 4.69) is 15.3 Å². The van der Waals surface area contributed by atoms with Crippen molar-refractivity contribution in [2.75, 3.05) is 18.6 Å². The summed E-state index contributed by atoms with van der Waals surface area (Å²) in [5.74, 6) is -0.0209. The highest BCUT2D eigenvalue weighted by atomic mass is 32.2. The molecule has 0 saturated carbocycles. The number of hydrogen-bond donors (Lipinski definition) is 1. The first kappa shape index (κ1) is 9.97. The molecule has 0 aromatic heterocycles. The Balaban J connectivity index is 2.51. The molecule has 1 aliphatic rings. The van der Waals surface area contributed by atoms with Crippen molar-refractivity contribution < 1.29 is 18.0 Å². The molecule has 1 rings (SSSR count). The van der Waals surface area contributed by atoms with Crippen LogP contribution in [0.4, 0.5) is 4.79 Å². The minimum atomic E-state index is -2.99. The lowest BCUT2D eigenvalue weighted by Gasteiger charge is -1.95. The molecule has 7 heteroatoms. The predicted octanol–water partition coefficient (Wildman–Crippen LogP) is -0.483. The van der Waals surface area contributed by atoms with Gasteiger partial charge in [0, 0.05) is 13.5 Å². The Labute approximate surface area is 75.9 Å². The lowest BCUT2D eigenvalue weighted by Crippen LogP contribution is -2.17. The van der Waals surface area contributed by atoms with E-state index in [-0.39, 0.29) is 11.5 Å². The van der Waals surface area contributed by atoms with E-state index in [4.69, 9.17) is 0 Å². The van der Waals surface area contributed by atoms with Crippen LogP contribution in [0.25, 0.3) is 0 Å². The van der Waals surface area contributed by atoms with Gasteiger partial charge in [0.25, 0.3) is 0 Å². The molecular formula is C6H10N2O4S. The van der Waals surface area contributed by atoms with Gasteiger partial charge in [0.15, 0.2) is 9.84 Å². The highest BCUT2D eigenvalue weighted by Crippen LogP contribution is 2.08. The third kappa shape index (κ3) is 3.02. The molecule has 6 nitrogen and oxygen atoms in total. The third-order valence-corrected chi connectivity index (χ3v) is 3.15. The second-order valence-electron chi connectivity index (χ2n) is 2.63. The highest BCUT2D eigenvalue weighted by Gasteiger charge is 2.24. The molecule has 0 bridgehead atoms. The van der Waals surface area contributed by atoms with Gasteiger partial charge in [-0.25, -0.2) is 13.2 Å². The van der Waals surface area contributed by atoms with Crippen molar-refractivity contribution in [2.45, 2.75) is 6.42 Å². The zero-order valence-corrected chi connectivity index (χ0v) is 7.93. The molecule has 74 valence electrons. The first-order valence-electron chi connectivity index (χ1n) is 3.68. The Morgan fingerprint density at radius 1 is 1.62 bits per heavy atom. The van der Waals surface area contributed by atoms with Crippen LogP contribution in [0.15, 0.2) is 5.16 Å². The molecule has 0 aromatic carbocycles. The first-order valence-corrected chi connectivity index (χ1v) is 5.50. The molecule has 1 aliphatic heterocycles. The zero-order valence-electron chi connectivity index (χ0n) is 7.11. The summed E-state index contributed by atoms with van der Waals surface area (Å²) >= 11 is 0. The molecule has 0 unspecified atom stereocenters. The largest absolute Gasteiger partial charge is 0.433 e. The van der Waals surface area contributed by atoms with Crippen LogP contribution in [0.3, 0.4) is 0 Å². The van der Waals surface area contributed by atoms with Gasteiger partial charge in [0.1, 0.15) is 0 Å². The fourth-order valence-electron chi connectivity index (χ4n) is 0.895. The van der Waals surface area contributed by atoms with E-state index >= 15 is 0 Å². The van der Waals surface area contributed by atoms with Crippen molar-refractivity contribution in [1.82, 2.24) is 5.32 Å². The van der Waals surface area contributed by atoms with Crippen molar-refractivity contribution in [3.05, 3.63) is 0 Å². The molecule has 1 heterocycles. The summed E-state index contributed by atoms with van der Waals surface area (Å²) in [6.45, 7) is 0. The van der Waals surface area contributed by atoms with Gasteiger partial charge >= 0.3 is 6.09 Å². The van der Waals surface area contributed by atoms with Crippen molar-refractivity contribution in [3.63, 3.8) is 0 Å². The van der Waals surface area contributed by atoms with Crippen LogP contribution < -0.4 is 5.32 Å². The van der Waals surface area contributed by atoms with Gasteiger partial charge in [-0.05, 0) is 0 Å². The monoisotopic (exact) mass is 206 g/mol. The van der Waals surface area contributed by atoms with Crippen LogP contribution in [0.2, 0.25) is 0 Å². The molecule has 0 aromatic rings. The summed E-state index contributed by atoms with van der Waals surface area (Å²) in [4.78, 5) is 14.9. The SMILES string of the molecule is CNC(=O)O/N=C1\CCS(=O)(=O)C1. The highest BCUT2D eigenvalue weighted by molar-refractivity contribution is 7.92. The number of amides is 1. The molecule has 1 amide bonds. The van der Waals surface area contributed by atoms with Gasteiger partial charge in [-0.15, -0.1) is 0 Å². The summed E-state index contributed by atoms with van der Waals surface area (Å²) in [5, 5.41) is 5.61. The van der Waals surface area contributed by atoms with Gasteiger partial charge in [-0.1, -0.05) is 5.16 Å². The molecule has 1 N–H and O–H groups in total. The number of nitrogens with one attached hydrogen (secondary N) is 1. The summed E-state index contributed by atoms with van der Waals surface area (Å²) < 4.78 is 21.8. The van der Waals surface area contributed by atoms with E-state index in [1.54, 1.807) is 0 Å². The van der Waals surface area contributed by atoms with Crippen LogP contribution >= 0.6 is 0 Å². The lowest BCUT2D eigenvalue weighted by molar-refractivity contribution is 0.153. The number of oxime groups is 1. The van der Waals surface area contributed by atoms with Crippen LogP contribution in [-0.4, -0.2) is 38.8 Å². The Morgan fingerprint density at radius 2 is 2.31 bits per heavy atom. The van der Waals surface area contributed by atoms with Gasteiger partial charge in [0.05, 0.1) is 17.2 Å². The van der Waals surface area contributed by atoms with Gasteiger partial charge in [-0.3, -0.25) is 4.84 Å². The molecule has 0 radical (unpaired) electrons. The van der Waals surface area contributed by atoms with Gasteiger partial charge < -0.3 is 5.32 Å². The van der Waals surface area contributed by atoms with Crippen LogP contribution in [0.5, 0.6) is 0 Å². The fourth-order valence-corrected chi connectivity index (χ4v) is 2.29.